The summed E-state index contributed by atoms with van der Waals surface area (Å²) < 4.78 is 14.9. The monoisotopic (exact) mass is 292 g/mol. The molecule has 8 heteroatoms. The van der Waals surface area contributed by atoms with E-state index in [0.717, 1.165) is 0 Å². The Balaban J connectivity index is 2.02. The molecule has 8 nitrogen and oxygen atoms in total. The summed E-state index contributed by atoms with van der Waals surface area (Å²) in [5.41, 5.74) is -1.75. The Bertz CT molecular complexity index is 370. The number of aliphatic hydroxyl groups is 4. The van der Waals surface area contributed by atoms with Crippen LogP contribution in [0.4, 0.5) is 0 Å². The number of hydrogen-bond donors (Lipinski definition) is 4. The van der Waals surface area contributed by atoms with Crippen molar-refractivity contribution in [3.63, 3.8) is 0 Å². The number of fused-ring (bicyclic) bond motifs is 1. The van der Waals surface area contributed by atoms with Gasteiger partial charge < -0.3 is 34.6 Å². The second-order valence-electron chi connectivity index (χ2n) is 5.15. The Morgan fingerprint density at radius 1 is 1.30 bits per heavy atom. The maximum Gasteiger partial charge on any atom is 0.334 e. The van der Waals surface area contributed by atoms with Gasteiger partial charge in [-0.3, -0.25) is 0 Å². The molecule has 2 fully saturated rings. The standard InChI is InChI=1S/C12H20O8/c1-3-18-4-6(13)19-11-8(15)9(16)12(17)5(2)7(14)10(12)20-11/h5,7-11,14-17H,3-4H2,1-2H3/t5?,7?,8-,9-,10-,11-,12+/m1/s1. The van der Waals surface area contributed by atoms with E-state index in [1.807, 2.05) is 0 Å². The Kier molecular flexibility index (Phi) is 4.33. The highest BCUT2D eigenvalue weighted by Crippen LogP contribution is 2.48. The zero-order valence-corrected chi connectivity index (χ0v) is 11.3. The molecule has 116 valence electrons. The van der Waals surface area contributed by atoms with Gasteiger partial charge in [0.2, 0.25) is 6.29 Å². The lowest BCUT2D eigenvalue weighted by atomic mass is 9.60. The van der Waals surface area contributed by atoms with Crippen LogP contribution in [0.3, 0.4) is 0 Å². The lowest BCUT2D eigenvalue weighted by molar-refractivity contribution is -0.392. The number of ether oxygens (including phenoxy) is 3. The summed E-state index contributed by atoms with van der Waals surface area (Å²) in [6.07, 6.45) is -6.75. The van der Waals surface area contributed by atoms with Crippen molar-refractivity contribution in [2.45, 2.75) is 50.2 Å². The molecule has 1 heterocycles. The lowest BCUT2D eigenvalue weighted by Gasteiger charge is -2.60. The van der Waals surface area contributed by atoms with Crippen molar-refractivity contribution in [2.24, 2.45) is 5.92 Å². The highest BCUT2D eigenvalue weighted by atomic mass is 16.7. The highest BCUT2D eigenvalue weighted by Gasteiger charge is 2.69. The zero-order valence-electron chi connectivity index (χ0n) is 11.3. The minimum absolute atomic E-state index is 0.312. The van der Waals surface area contributed by atoms with Crippen LogP contribution in [0.1, 0.15) is 13.8 Å². The van der Waals surface area contributed by atoms with E-state index in [2.05, 4.69) is 0 Å². The van der Waals surface area contributed by atoms with Gasteiger partial charge in [-0.05, 0) is 6.92 Å². The third-order valence-electron chi connectivity index (χ3n) is 4.04. The SMILES string of the molecule is CCOCC(=O)O[C@@H]1O[C@@H]2C(O)C(C)[C@]2(O)[C@H](O)[C@H]1O. The molecular weight excluding hydrogens is 272 g/mol. The fourth-order valence-corrected chi connectivity index (χ4v) is 2.67. The fraction of sp³-hybridized carbons (Fsp3) is 0.917. The number of aliphatic hydroxyl groups excluding tert-OH is 3. The maximum atomic E-state index is 11.4. The Morgan fingerprint density at radius 2 is 1.95 bits per heavy atom. The number of carbonyl (C=O) groups is 1. The molecule has 1 aliphatic carbocycles. The molecule has 0 bridgehead atoms. The zero-order chi connectivity index (χ0) is 15.1. The molecule has 7 atom stereocenters. The third kappa shape index (κ3) is 2.22. The minimum atomic E-state index is -1.75. The van der Waals surface area contributed by atoms with Crippen molar-refractivity contribution >= 4 is 5.97 Å². The molecule has 4 N–H and O–H groups in total. The smallest absolute Gasteiger partial charge is 0.334 e. The van der Waals surface area contributed by atoms with Gasteiger partial charge in [-0.2, -0.15) is 0 Å². The number of carbonyl (C=O) groups excluding carboxylic acids is 1. The topological polar surface area (TPSA) is 126 Å². The van der Waals surface area contributed by atoms with Gasteiger partial charge >= 0.3 is 5.97 Å². The molecule has 2 rings (SSSR count). The Hall–Kier alpha value is -0.770. The molecule has 0 aromatic heterocycles. The third-order valence-corrected chi connectivity index (χ3v) is 4.04. The molecule has 2 aliphatic rings. The molecule has 0 spiro atoms. The van der Waals surface area contributed by atoms with E-state index in [9.17, 15) is 25.2 Å². The first-order chi connectivity index (χ1) is 9.33. The van der Waals surface area contributed by atoms with Gasteiger partial charge in [0.1, 0.15) is 30.5 Å². The van der Waals surface area contributed by atoms with E-state index in [-0.39, 0.29) is 6.61 Å². The van der Waals surface area contributed by atoms with E-state index in [1.165, 1.54) is 6.92 Å². The molecule has 2 unspecified atom stereocenters. The highest BCUT2D eigenvalue weighted by molar-refractivity contribution is 5.70. The van der Waals surface area contributed by atoms with Gasteiger partial charge in [-0.1, -0.05) is 6.92 Å². The van der Waals surface area contributed by atoms with Gasteiger partial charge in [-0.15, -0.1) is 0 Å². The number of esters is 1. The summed E-state index contributed by atoms with van der Waals surface area (Å²) in [4.78, 5) is 11.4. The van der Waals surface area contributed by atoms with Gasteiger partial charge in [-0.25, -0.2) is 4.79 Å². The summed E-state index contributed by atoms with van der Waals surface area (Å²) in [6.45, 7) is 3.24. The molecule has 1 aliphatic heterocycles. The molecule has 20 heavy (non-hydrogen) atoms. The summed E-state index contributed by atoms with van der Waals surface area (Å²) in [6, 6.07) is 0. The molecule has 0 aromatic carbocycles. The van der Waals surface area contributed by atoms with Crippen molar-refractivity contribution in [3.8, 4) is 0 Å². The van der Waals surface area contributed by atoms with Crippen LogP contribution in [0.2, 0.25) is 0 Å². The van der Waals surface area contributed by atoms with Crippen molar-refractivity contribution in [1.82, 2.24) is 0 Å². The molecule has 1 saturated carbocycles. The summed E-state index contributed by atoms with van der Waals surface area (Å²) >= 11 is 0. The molecule has 0 aromatic rings. The molecule has 0 amide bonds. The second kappa shape index (κ2) is 5.55. The first-order valence-corrected chi connectivity index (χ1v) is 6.53. The molecule has 1 saturated heterocycles. The maximum absolute atomic E-state index is 11.4. The van der Waals surface area contributed by atoms with Crippen LogP contribution in [0.5, 0.6) is 0 Å². The van der Waals surface area contributed by atoms with E-state index in [0.29, 0.717) is 6.61 Å². The van der Waals surface area contributed by atoms with Crippen LogP contribution in [-0.2, 0) is 19.0 Å². The molecule has 0 radical (unpaired) electrons. The Morgan fingerprint density at radius 3 is 2.55 bits per heavy atom. The lowest BCUT2D eigenvalue weighted by Crippen LogP contribution is -2.81. The van der Waals surface area contributed by atoms with Crippen LogP contribution in [0.25, 0.3) is 0 Å². The summed E-state index contributed by atoms with van der Waals surface area (Å²) in [5.74, 6) is -1.42. The second-order valence-corrected chi connectivity index (χ2v) is 5.15. The summed E-state index contributed by atoms with van der Waals surface area (Å²) in [5, 5.41) is 39.8. The number of rotatable bonds is 4. The predicted octanol–water partition coefficient (Wildman–Crippen LogP) is -2.25. The van der Waals surface area contributed by atoms with Gasteiger partial charge in [0, 0.05) is 12.5 Å². The van der Waals surface area contributed by atoms with Crippen molar-refractivity contribution in [2.75, 3.05) is 13.2 Å². The quantitative estimate of drug-likeness (QED) is 0.428. The first kappa shape index (κ1) is 15.6. The van der Waals surface area contributed by atoms with E-state index in [1.54, 1.807) is 6.92 Å². The van der Waals surface area contributed by atoms with Crippen LogP contribution in [-0.4, -0.2) is 75.9 Å². The minimum Gasteiger partial charge on any atom is -0.431 e. The summed E-state index contributed by atoms with van der Waals surface area (Å²) in [7, 11) is 0. The van der Waals surface area contributed by atoms with Crippen LogP contribution >= 0.6 is 0 Å². The first-order valence-electron chi connectivity index (χ1n) is 6.53. The normalized spacial score (nSPS) is 47.3. The largest absolute Gasteiger partial charge is 0.431 e. The molecular formula is C12H20O8. The van der Waals surface area contributed by atoms with Crippen molar-refractivity contribution in [1.29, 1.82) is 0 Å². The van der Waals surface area contributed by atoms with E-state index in [4.69, 9.17) is 14.2 Å². The predicted molar refractivity (Wildman–Crippen MR) is 63.4 cm³/mol. The van der Waals surface area contributed by atoms with Crippen LogP contribution in [0.15, 0.2) is 0 Å². The van der Waals surface area contributed by atoms with Crippen molar-refractivity contribution < 1.29 is 39.4 Å². The Labute approximate surface area is 115 Å². The number of hydrogen-bond acceptors (Lipinski definition) is 8. The van der Waals surface area contributed by atoms with Gasteiger partial charge in [0.15, 0.2) is 0 Å². The average molecular weight is 292 g/mol. The van der Waals surface area contributed by atoms with E-state index >= 15 is 0 Å². The van der Waals surface area contributed by atoms with Gasteiger partial charge in [0.25, 0.3) is 0 Å². The van der Waals surface area contributed by atoms with Crippen molar-refractivity contribution in [3.05, 3.63) is 0 Å². The van der Waals surface area contributed by atoms with Crippen LogP contribution in [0, 0.1) is 5.92 Å². The average Bonchev–Trinajstić information content (AvgIpc) is 2.44. The fourth-order valence-electron chi connectivity index (χ4n) is 2.67. The van der Waals surface area contributed by atoms with E-state index < -0.39 is 48.2 Å². The van der Waals surface area contributed by atoms with Crippen LogP contribution < -0.4 is 0 Å². The van der Waals surface area contributed by atoms with Gasteiger partial charge in [0.05, 0.1) is 6.10 Å².